The van der Waals surface area contributed by atoms with Crippen LogP contribution < -0.4 is 4.80 Å². The van der Waals surface area contributed by atoms with Crippen molar-refractivity contribution in [3.05, 3.63) is 45.2 Å². The summed E-state index contributed by atoms with van der Waals surface area (Å²) in [5.41, 5.74) is 4.88. The van der Waals surface area contributed by atoms with Gasteiger partial charge >= 0.3 is 0 Å². The maximum Gasteiger partial charge on any atom is 0.190 e. The zero-order valence-corrected chi connectivity index (χ0v) is 15.7. The minimum absolute atomic E-state index is 0.873. The maximum atomic E-state index is 5.42. The van der Waals surface area contributed by atoms with Gasteiger partial charge in [0.05, 0.1) is 18.9 Å². The van der Waals surface area contributed by atoms with Crippen LogP contribution in [0.4, 0.5) is 5.69 Å². The Bertz CT molecular complexity index is 721. The molecular weight excluding hydrogens is 318 g/mol. The van der Waals surface area contributed by atoms with E-state index in [2.05, 4.69) is 53.8 Å². The van der Waals surface area contributed by atoms with Crippen LogP contribution in [0.15, 0.2) is 28.6 Å². The van der Waals surface area contributed by atoms with Gasteiger partial charge in [0.25, 0.3) is 0 Å². The van der Waals surface area contributed by atoms with E-state index in [1.165, 1.54) is 16.8 Å². The molecule has 1 aromatic carbocycles. The fourth-order valence-electron chi connectivity index (χ4n) is 3.13. The van der Waals surface area contributed by atoms with Crippen molar-refractivity contribution in [2.75, 3.05) is 32.8 Å². The number of para-hydroxylation sites is 1. The first-order valence-corrected chi connectivity index (χ1v) is 9.59. The molecule has 24 heavy (non-hydrogen) atoms. The molecule has 0 saturated carbocycles. The van der Waals surface area contributed by atoms with Gasteiger partial charge in [-0.15, -0.1) is 11.3 Å². The SMILES string of the molecule is Cc1cccc(C)c1N=c1scc(C)n1CCCN1CCOCC1. The smallest absolute Gasteiger partial charge is 0.190 e. The summed E-state index contributed by atoms with van der Waals surface area (Å²) >= 11 is 1.74. The highest BCUT2D eigenvalue weighted by atomic mass is 32.1. The van der Waals surface area contributed by atoms with E-state index in [0.717, 1.165) is 56.3 Å². The number of thiazole rings is 1. The van der Waals surface area contributed by atoms with Crippen LogP contribution in [0.2, 0.25) is 0 Å². The van der Waals surface area contributed by atoms with E-state index in [1.54, 1.807) is 11.3 Å². The topological polar surface area (TPSA) is 29.8 Å². The average molecular weight is 346 g/mol. The summed E-state index contributed by atoms with van der Waals surface area (Å²) in [4.78, 5) is 8.57. The number of aryl methyl sites for hydroxylation is 3. The molecule has 1 fully saturated rings. The van der Waals surface area contributed by atoms with Gasteiger partial charge in [-0.3, -0.25) is 4.90 Å². The van der Waals surface area contributed by atoms with Crippen LogP contribution in [0.25, 0.3) is 0 Å². The standard InChI is InChI=1S/C19H27N3OS/c1-15-6-4-7-16(2)18(15)20-19-22(17(3)14-24-19)9-5-8-21-10-12-23-13-11-21/h4,6-7,14H,5,8-13H2,1-3H3. The Labute approximate surface area is 148 Å². The van der Waals surface area contributed by atoms with Crippen molar-refractivity contribution in [2.45, 2.75) is 33.7 Å². The Morgan fingerprint density at radius 2 is 1.79 bits per heavy atom. The van der Waals surface area contributed by atoms with Crippen LogP contribution in [0, 0.1) is 20.8 Å². The number of ether oxygens (including phenoxy) is 1. The Morgan fingerprint density at radius 1 is 1.08 bits per heavy atom. The highest BCUT2D eigenvalue weighted by molar-refractivity contribution is 7.07. The van der Waals surface area contributed by atoms with E-state index >= 15 is 0 Å². The van der Waals surface area contributed by atoms with Gasteiger partial charge in [0.1, 0.15) is 0 Å². The largest absolute Gasteiger partial charge is 0.379 e. The Kier molecular flexibility index (Phi) is 5.87. The zero-order chi connectivity index (χ0) is 16.9. The van der Waals surface area contributed by atoms with E-state index in [-0.39, 0.29) is 0 Å². The summed E-state index contributed by atoms with van der Waals surface area (Å²) < 4.78 is 7.78. The second-order valence-electron chi connectivity index (χ2n) is 6.47. The highest BCUT2D eigenvalue weighted by Crippen LogP contribution is 2.22. The zero-order valence-electron chi connectivity index (χ0n) is 14.9. The third kappa shape index (κ3) is 4.15. The summed E-state index contributed by atoms with van der Waals surface area (Å²) in [7, 11) is 0. The lowest BCUT2D eigenvalue weighted by atomic mass is 10.1. The molecule has 0 atom stereocenters. The van der Waals surface area contributed by atoms with E-state index in [9.17, 15) is 0 Å². The second-order valence-corrected chi connectivity index (χ2v) is 7.31. The van der Waals surface area contributed by atoms with E-state index in [1.807, 2.05) is 0 Å². The number of morpholine rings is 1. The molecule has 0 N–H and O–H groups in total. The number of hydrogen-bond acceptors (Lipinski definition) is 4. The minimum atomic E-state index is 0.873. The number of hydrogen-bond donors (Lipinski definition) is 0. The Balaban J connectivity index is 1.75. The molecule has 2 heterocycles. The number of aromatic nitrogens is 1. The molecule has 0 radical (unpaired) electrons. The van der Waals surface area contributed by atoms with Crippen molar-refractivity contribution >= 4 is 17.0 Å². The van der Waals surface area contributed by atoms with Crippen molar-refractivity contribution in [3.8, 4) is 0 Å². The fourth-order valence-corrected chi connectivity index (χ4v) is 4.04. The molecule has 1 aromatic heterocycles. The van der Waals surface area contributed by atoms with E-state index in [0.29, 0.717) is 0 Å². The molecular formula is C19H27N3OS. The normalized spacial score (nSPS) is 16.7. The minimum Gasteiger partial charge on any atom is -0.379 e. The number of benzene rings is 1. The summed E-state index contributed by atoms with van der Waals surface area (Å²) in [5.74, 6) is 0. The molecule has 4 nitrogen and oxygen atoms in total. The lowest BCUT2D eigenvalue weighted by molar-refractivity contribution is 0.0369. The quantitative estimate of drug-likeness (QED) is 0.831. The third-order valence-electron chi connectivity index (χ3n) is 4.60. The van der Waals surface area contributed by atoms with E-state index < -0.39 is 0 Å². The molecule has 0 bridgehead atoms. The van der Waals surface area contributed by atoms with Crippen molar-refractivity contribution < 1.29 is 4.74 Å². The van der Waals surface area contributed by atoms with Gasteiger partial charge in [0, 0.05) is 37.3 Å². The van der Waals surface area contributed by atoms with Crippen LogP contribution >= 0.6 is 11.3 Å². The molecule has 0 spiro atoms. The molecule has 1 saturated heterocycles. The van der Waals surface area contributed by atoms with Gasteiger partial charge in [0.2, 0.25) is 0 Å². The molecule has 5 heteroatoms. The van der Waals surface area contributed by atoms with Crippen molar-refractivity contribution in [1.82, 2.24) is 9.47 Å². The second kappa shape index (κ2) is 8.10. The van der Waals surface area contributed by atoms with E-state index in [4.69, 9.17) is 9.73 Å². The van der Waals surface area contributed by atoms with Crippen molar-refractivity contribution in [2.24, 2.45) is 4.99 Å². The first-order chi connectivity index (χ1) is 11.6. The third-order valence-corrected chi connectivity index (χ3v) is 5.58. The molecule has 0 unspecified atom stereocenters. The van der Waals surface area contributed by atoms with Gasteiger partial charge in [-0.25, -0.2) is 4.99 Å². The van der Waals surface area contributed by atoms with Gasteiger partial charge in [0.15, 0.2) is 4.80 Å². The fraction of sp³-hybridized carbons (Fsp3) is 0.526. The van der Waals surface area contributed by atoms with Gasteiger partial charge < -0.3 is 9.30 Å². The predicted molar refractivity (Wildman–Crippen MR) is 100 cm³/mol. The highest BCUT2D eigenvalue weighted by Gasteiger charge is 2.10. The van der Waals surface area contributed by atoms with Crippen LogP contribution in [-0.2, 0) is 11.3 Å². The molecule has 0 aliphatic carbocycles. The average Bonchev–Trinajstić information content (AvgIpc) is 2.92. The van der Waals surface area contributed by atoms with Crippen LogP contribution in [0.5, 0.6) is 0 Å². The molecule has 1 aliphatic heterocycles. The number of rotatable bonds is 5. The van der Waals surface area contributed by atoms with Gasteiger partial charge in [-0.1, -0.05) is 18.2 Å². The molecule has 130 valence electrons. The van der Waals surface area contributed by atoms with Crippen LogP contribution in [0.3, 0.4) is 0 Å². The lowest BCUT2D eigenvalue weighted by Gasteiger charge is -2.26. The van der Waals surface area contributed by atoms with Crippen molar-refractivity contribution in [1.29, 1.82) is 0 Å². The summed E-state index contributed by atoms with van der Waals surface area (Å²) in [6.07, 6.45) is 1.15. The Hall–Kier alpha value is -1.43. The summed E-state index contributed by atoms with van der Waals surface area (Å²) in [6, 6.07) is 6.36. The first-order valence-electron chi connectivity index (χ1n) is 8.71. The molecule has 3 rings (SSSR count). The molecule has 1 aliphatic rings. The van der Waals surface area contributed by atoms with Crippen molar-refractivity contribution in [3.63, 3.8) is 0 Å². The van der Waals surface area contributed by atoms with Crippen LogP contribution in [-0.4, -0.2) is 42.3 Å². The first kappa shape index (κ1) is 17.4. The molecule has 2 aromatic rings. The van der Waals surface area contributed by atoms with Gasteiger partial charge in [-0.2, -0.15) is 0 Å². The van der Waals surface area contributed by atoms with Gasteiger partial charge in [-0.05, 0) is 38.3 Å². The van der Waals surface area contributed by atoms with Crippen LogP contribution in [0.1, 0.15) is 23.2 Å². The monoisotopic (exact) mass is 345 g/mol. The molecule has 0 amide bonds. The summed E-state index contributed by atoms with van der Waals surface area (Å²) in [5, 5.41) is 2.21. The predicted octanol–water partition coefficient (Wildman–Crippen LogP) is 3.43. The summed E-state index contributed by atoms with van der Waals surface area (Å²) in [6.45, 7) is 12.5. The maximum absolute atomic E-state index is 5.42. The number of nitrogens with zero attached hydrogens (tertiary/aromatic N) is 3. The Morgan fingerprint density at radius 3 is 2.50 bits per heavy atom. The lowest BCUT2D eigenvalue weighted by Crippen LogP contribution is -2.37.